The smallest absolute Gasteiger partial charge is 0.414 e. The number of hydrogen-bond donors (Lipinski definition) is 0. The number of ketones is 1. The van der Waals surface area contributed by atoms with E-state index in [1.165, 1.54) is 47.4 Å². The molecule has 0 bridgehead atoms. The van der Waals surface area contributed by atoms with Crippen LogP contribution < -0.4 is 9.47 Å². The number of Topliss-reactive ketones (excluding diaryl/α,β-unsaturated/α-hetero) is 1. The van der Waals surface area contributed by atoms with Crippen molar-refractivity contribution in [2.75, 3.05) is 14.1 Å². The molecular weight excluding hydrogens is 340 g/mol. The molecule has 132 valence electrons. The summed E-state index contributed by atoms with van der Waals surface area (Å²) < 4.78 is 10.7. The topological polar surface area (TPSA) is 99.0 Å². The van der Waals surface area contributed by atoms with Crippen LogP contribution in [0.15, 0.2) is 48.2 Å². The number of fused-ring (bicyclic) bond motifs is 1. The zero-order valence-corrected chi connectivity index (χ0v) is 14.0. The van der Waals surface area contributed by atoms with Crippen LogP contribution in [0.4, 0.5) is 10.5 Å². The van der Waals surface area contributed by atoms with Crippen molar-refractivity contribution in [3.05, 3.63) is 69.5 Å². The summed E-state index contributed by atoms with van der Waals surface area (Å²) in [5.41, 5.74) is 0.709. The largest absolute Gasteiger partial charge is 0.452 e. The SMILES string of the molecule is CN(C)C(=O)Oc1ccc2c(c1)O/C(=C/c1cccc([N+](=O)[O-])c1)C2=O. The second-order valence-corrected chi connectivity index (χ2v) is 5.71. The number of amides is 1. The van der Waals surface area contributed by atoms with Crippen molar-refractivity contribution in [2.24, 2.45) is 0 Å². The minimum absolute atomic E-state index is 0.0385. The summed E-state index contributed by atoms with van der Waals surface area (Å²) in [6, 6.07) is 10.3. The Bertz CT molecular complexity index is 948. The maximum absolute atomic E-state index is 12.4. The molecule has 2 aromatic rings. The van der Waals surface area contributed by atoms with Gasteiger partial charge in [0.1, 0.15) is 11.5 Å². The molecule has 8 nitrogen and oxygen atoms in total. The molecule has 3 rings (SSSR count). The van der Waals surface area contributed by atoms with Gasteiger partial charge in [-0.2, -0.15) is 0 Å². The van der Waals surface area contributed by atoms with Crippen LogP contribution >= 0.6 is 0 Å². The van der Waals surface area contributed by atoms with Gasteiger partial charge in [-0.15, -0.1) is 0 Å². The van der Waals surface area contributed by atoms with Gasteiger partial charge < -0.3 is 14.4 Å². The Morgan fingerprint density at radius 3 is 2.69 bits per heavy atom. The highest BCUT2D eigenvalue weighted by Gasteiger charge is 2.28. The van der Waals surface area contributed by atoms with Gasteiger partial charge in [0.25, 0.3) is 5.69 Å². The predicted molar refractivity (Wildman–Crippen MR) is 92.2 cm³/mol. The molecule has 0 saturated carbocycles. The van der Waals surface area contributed by atoms with Crippen LogP contribution in [-0.4, -0.2) is 35.8 Å². The molecule has 26 heavy (non-hydrogen) atoms. The second kappa shape index (κ2) is 6.67. The molecule has 0 N–H and O–H groups in total. The zero-order valence-electron chi connectivity index (χ0n) is 14.0. The molecule has 0 aliphatic carbocycles. The summed E-state index contributed by atoms with van der Waals surface area (Å²) >= 11 is 0. The molecule has 1 aliphatic heterocycles. The standard InChI is InChI=1S/C18H14N2O6/c1-19(2)18(22)25-13-6-7-14-15(10-13)26-16(17(14)21)9-11-4-3-5-12(8-11)20(23)24/h3-10H,1-2H3/b16-9+. The number of nitrogens with zero attached hydrogens (tertiary/aromatic N) is 2. The van der Waals surface area contributed by atoms with E-state index in [0.29, 0.717) is 11.1 Å². The van der Waals surface area contributed by atoms with E-state index in [-0.39, 0.29) is 28.7 Å². The minimum atomic E-state index is -0.554. The Morgan fingerprint density at radius 1 is 1.23 bits per heavy atom. The fourth-order valence-corrected chi connectivity index (χ4v) is 2.30. The number of allylic oxidation sites excluding steroid dienone is 1. The van der Waals surface area contributed by atoms with Gasteiger partial charge in [0, 0.05) is 32.3 Å². The minimum Gasteiger partial charge on any atom is -0.452 e. The van der Waals surface area contributed by atoms with Crippen LogP contribution in [-0.2, 0) is 0 Å². The van der Waals surface area contributed by atoms with E-state index >= 15 is 0 Å². The third-order valence-electron chi connectivity index (χ3n) is 3.59. The van der Waals surface area contributed by atoms with Crippen molar-refractivity contribution in [1.82, 2.24) is 4.90 Å². The van der Waals surface area contributed by atoms with Crippen LogP contribution in [0.3, 0.4) is 0 Å². The van der Waals surface area contributed by atoms with Gasteiger partial charge in [0.05, 0.1) is 10.5 Å². The van der Waals surface area contributed by atoms with E-state index in [1.54, 1.807) is 20.2 Å². The molecule has 0 fully saturated rings. The molecule has 0 aromatic heterocycles. The summed E-state index contributed by atoms with van der Waals surface area (Å²) in [6.07, 6.45) is 0.877. The Balaban J connectivity index is 1.86. The Labute approximate surface area is 148 Å². The maximum Gasteiger partial charge on any atom is 0.414 e. The average Bonchev–Trinajstić information content (AvgIpc) is 2.90. The number of hydrogen-bond acceptors (Lipinski definition) is 6. The number of ether oxygens (including phenoxy) is 2. The first-order valence-electron chi connectivity index (χ1n) is 7.57. The third kappa shape index (κ3) is 3.39. The molecule has 1 amide bonds. The molecule has 0 unspecified atom stereocenters. The lowest BCUT2D eigenvalue weighted by atomic mass is 10.1. The van der Waals surface area contributed by atoms with Crippen LogP contribution in [0, 0.1) is 10.1 Å². The molecule has 8 heteroatoms. The van der Waals surface area contributed by atoms with Crippen molar-refractivity contribution in [2.45, 2.75) is 0 Å². The van der Waals surface area contributed by atoms with Gasteiger partial charge in [-0.05, 0) is 23.8 Å². The fraction of sp³-hybridized carbons (Fsp3) is 0.111. The predicted octanol–water partition coefficient (Wildman–Crippen LogP) is 3.27. The summed E-state index contributed by atoms with van der Waals surface area (Å²) in [6.45, 7) is 0. The second-order valence-electron chi connectivity index (χ2n) is 5.71. The van der Waals surface area contributed by atoms with Gasteiger partial charge in [-0.3, -0.25) is 14.9 Å². The lowest BCUT2D eigenvalue weighted by Gasteiger charge is -2.10. The first-order valence-corrected chi connectivity index (χ1v) is 7.57. The first kappa shape index (κ1) is 17.2. The highest BCUT2D eigenvalue weighted by Crippen LogP contribution is 2.35. The van der Waals surface area contributed by atoms with Crippen molar-refractivity contribution in [3.63, 3.8) is 0 Å². The van der Waals surface area contributed by atoms with Gasteiger partial charge >= 0.3 is 6.09 Å². The summed E-state index contributed by atoms with van der Waals surface area (Å²) in [5.74, 6) is 0.191. The fourth-order valence-electron chi connectivity index (χ4n) is 2.30. The number of carbonyl (C=O) groups excluding carboxylic acids is 2. The van der Waals surface area contributed by atoms with Crippen LogP contribution in [0.1, 0.15) is 15.9 Å². The van der Waals surface area contributed by atoms with Crippen molar-refractivity contribution in [3.8, 4) is 11.5 Å². The number of benzene rings is 2. The van der Waals surface area contributed by atoms with Gasteiger partial charge in [0.2, 0.25) is 5.78 Å². The normalized spacial score (nSPS) is 13.9. The van der Waals surface area contributed by atoms with E-state index in [2.05, 4.69) is 0 Å². The van der Waals surface area contributed by atoms with E-state index in [1.807, 2.05) is 0 Å². The van der Waals surface area contributed by atoms with Crippen molar-refractivity contribution < 1.29 is 24.0 Å². The van der Waals surface area contributed by atoms with Gasteiger partial charge in [-0.1, -0.05) is 12.1 Å². The molecule has 1 heterocycles. The molecule has 2 aromatic carbocycles. The average molecular weight is 354 g/mol. The quantitative estimate of drug-likeness (QED) is 0.476. The zero-order chi connectivity index (χ0) is 18.8. The molecule has 0 radical (unpaired) electrons. The third-order valence-corrected chi connectivity index (χ3v) is 3.59. The number of carbonyl (C=O) groups is 2. The van der Waals surface area contributed by atoms with Crippen molar-refractivity contribution >= 4 is 23.6 Å². The van der Waals surface area contributed by atoms with Crippen molar-refractivity contribution in [1.29, 1.82) is 0 Å². The molecule has 1 aliphatic rings. The number of non-ortho nitro benzene ring substituents is 1. The number of rotatable bonds is 3. The van der Waals surface area contributed by atoms with Crippen LogP contribution in [0.2, 0.25) is 0 Å². The van der Waals surface area contributed by atoms with E-state index in [0.717, 1.165) is 0 Å². The van der Waals surface area contributed by atoms with E-state index in [9.17, 15) is 19.7 Å². The lowest BCUT2D eigenvalue weighted by Crippen LogP contribution is -2.25. The van der Waals surface area contributed by atoms with E-state index in [4.69, 9.17) is 9.47 Å². The number of nitro benzene ring substituents is 1. The van der Waals surface area contributed by atoms with Crippen LogP contribution in [0.5, 0.6) is 11.5 Å². The molecule has 0 spiro atoms. The first-order chi connectivity index (χ1) is 12.3. The maximum atomic E-state index is 12.4. The van der Waals surface area contributed by atoms with E-state index < -0.39 is 11.0 Å². The van der Waals surface area contributed by atoms with Crippen LogP contribution in [0.25, 0.3) is 6.08 Å². The summed E-state index contributed by atoms with van der Waals surface area (Å²) in [5, 5.41) is 10.8. The summed E-state index contributed by atoms with van der Waals surface area (Å²) in [7, 11) is 3.10. The summed E-state index contributed by atoms with van der Waals surface area (Å²) in [4.78, 5) is 35.6. The van der Waals surface area contributed by atoms with Gasteiger partial charge in [-0.25, -0.2) is 4.79 Å². The Morgan fingerprint density at radius 2 is 2.00 bits per heavy atom. The highest BCUT2D eigenvalue weighted by atomic mass is 16.6. The molecular formula is C18H14N2O6. The lowest BCUT2D eigenvalue weighted by molar-refractivity contribution is -0.384. The highest BCUT2D eigenvalue weighted by molar-refractivity contribution is 6.14. The monoisotopic (exact) mass is 354 g/mol. The molecule has 0 saturated heterocycles. The Kier molecular flexibility index (Phi) is 4.40. The molecule has 0 atom stereocenters. The van der Waals surface area contributed by atoms with Gasteiger partial charge in [0.15, 0.2) is 5.76 Å². The Hall–Kier alpha value is -3.68. The number of nitro groups is 1.